The fraction of sp³-hybridized carbons (Fsp3) is 0.333. The lowest BCUT2D eigenvalue weighted by molar-refractivity contribution is 0.272. The third kappa shape index (κ3) is 5.23. The van der Waals surface area contributed by atoms with E-state index in [-0.39, 0.29) is 0 Å². The zero-order valence-corrected chi connectivity index (χ0v) is 15.4. The summed E-state index contributed by atoms with van der Waals surface area (Å²) in [4.78, 5) is 6.66. The van der Waals surface area contributed by atoms with Gasteiger partial charge in [0.15, 0.2) is 0 Å². The van der Waals surface area contributed by atoms with E-state index in [0.717, 1.165) is 28.4 Å². The van der Waals surface area contributed by atoms with Crippen LogP contribution in [0.2, 0.25) is 0 Å². The van der Waals surface area contributed by atoms with Crippen LogP contribution in [0.25, 0.3) is 0 Å². The molecule has 0 saturated carbocycles. The second-order valence-corrected chi connectivity index (χ2v) is 8.50. The molecular formula is C18H20N2S3. The Morgan fingerprint density at radius 2 is 1.83 bits per heavy atom. The van der Waals surface area contributed by atoms with Crippen LogP contribution in [-0.4, -0.2) is 27.3 Å². The first-order chi connectivity index (χ1) is 11.3. The summed E-state index contributed by atoms with van der Waals surface area (Å²) in [5.74, 6) is 0.782. The average Bonchev–Trinajstić information content (AvgIpc) is 2.62. The lowest BCUT2D eigenvalue weighted by Crippen LogP contribution is -2.36. The molecule has 1 aliphatic rings. The first-order valence-corrected chi connectivity index (χ1v) is 10.5. The van der Waals surface area contributed by atoms with E-state index in [1.54, 1.807) is 21.6 Å². The van der Waals surface area contributed by atoms with E-state index in [1.807, 2.05) is 24.4 Å². The summed E-state index contributed by atoms with van der Waals surface area (Å²) in [6.07, 6.45) is 5.46. The Kier molecular flexibility index (Phi) is 6.37. The molecule has 5 heteroatoms. The van der Waals surface area contributed by atoms with E-state index in [2.05, 4.69) is 40.2 Å². The molecular weight excluding hydrogens is 340 g/mol. The van der Waals surface area contributed by atoms with Crippen molar-refractivity contribution < 1.29 is 0 Å². The van der Waals surface area contributed by atoms with Crippen molar-refractivity contribution in [3.63, 3.8) is 0 Å². The van der Waals surface area contributed by atoms with E-state index < -0.39 is 0 Å². The van der Waals surface area contributed by atoms with Gasteiger partial charge in [0.05, 0.1) is 0 Å². The zero-order chi connectivity index (χ0) is 15.9. The Hall–Kier alpha value is -1.04. The molecule has 0 aliphatic carbocycles. The molecule has 3 rings (SSSR count). The van der Waals surface area contributed by atoms with Crippen LogP contribution in [0.15, 0.2) is 59.8 Å². The molecule has 1 fully saturated rings. The van der Waals surface area contributed by atoms with E-state index >= 15 is 0 Å². The predicted octanol–water partition coefficient (Wildman–Crippen LogP) is 5.06. The molecule has 2 nitrogen and oxygen atoms in total. The second-order valence-electron chi connectivity index (χ2n) is 5.72. The Balaban J connectivity index is 1.42. The number of pyridine rings is 1. The molecule has 1 saturated heterocycles. The highest BCUT2D eigenvalue weighted by molar-refractivity contribution is 8.83. The fourth-order valence-electron chi connectivity index (χ4n) is 2.79. The van der Waals surface area contributed by atoms with Crippen molar-refractivity contribution in [1.82, 2.24) is 9.88 Å². The summed E-state index contributed by atoms with van der Waals surface area (Å²) in [5.41, 5.74) is 1.45. The SMILES string of the molecule is S=C(SSc1ccccn1)N1CCC(Cc2ccccc2)CC1. The molecule has 0 unspecified atom stereocenters. The van der Waals surface area contributed by atoms with Crippen LogP contribution in [0, 0.1) is 5.92 Å². The number of thiocarbonyl (C=S) groups is 1. The second kappa shape index (κ2) is 8.71. The molecule has 0 atom stereocenters. The Bertz CT molecular complexity index is 611. The molecule has 0 N–H and O–H groups in total. The number of nitrogens with zero attached hydrogens (tertiary/aromatic N) is 2. The largest absolute Gasteiger partial charge is 0.357 e. The minimum atomic E-state index is 0.782. The van der Waals surface area contributed by atoms with E-state index in [9.17, 15) is 0 Å². The molecule has 0 amide bonds. The zero-order valence-electron chi connectivity index (χ0n) is 12.9. The van der Waals surface area contributed by atoms with Crippen LogP contribution in [-0.2, 0) is 6.42 Å². The number of hydrogen-bond acceptors (Lipinski definition) is 4. The van der Waals surface area contributed by atoms with Crippen LogP contribution in [0.1, 0.15) is 18.4 Å². The Morgan fingerprint density at radius 3 is 2.52 bits per heavy atom. The monoisotopic (exact) mass is 360 g/mol. The van der Waals surface area contributed by atoms with Gasteiger partial charge < -0.3 is 4.90 Å². The van der Waals surface area contributed by atoms with Crippen molar-refractivity contribution in [2.75, 3.05) is 13.1 Å². The van der Waals surface area contributed by atoms with Crippen LogP contribution >= 0.6 is 33.8 Å². The van der Waals surface area contributed by atoms with Crippen molar-refractivity contribution in [3.8, 4) is 0 Å². The number of benzene rings is 1. The highest BCUT2D eigenvalue weighted by atomic mass is 33.1. The van der Waals surface area contributed by atoms with Crippen molar-refractivity contribution in [2.24, 2.45) is 5.92 Å². The highest BCUT2D eigenvalue weighted by Gasteiger charge is 2.21. The third-order valence-corrected chi connectivity index (χ3v) is 7.03. The molecule has 0 radical (unpaired) electrons. The van der Waals surface area contributed by atoms with Crippen LogP contribution in [0.3, 0.4) is 0 Å². The number of rotatable bonds is 4. The molecule has 0 bridgehead atoms. The average molecular weight is 361 g/mol. The number of likely N-dealkylation sites (tertiary alicyclic amines) is 1. The Labute approximate surface area is 151 Å². The lowest BCUT2D eigenvalue weighted by atomic mass is 9.90. The summed E-state index contributed by atoms with van der Waals surface area (Å²) >= 11 is 5.58. The minimum absolute atomic E-state index is 0.782. The maximum atomic E-state index is 5.58. The smallest absolute Gasteiger partial charge is 0.147 e. The molecule has 1 aliphatic heterocycles. The molecule has 2 aromatic rings. The van der Waals surface area contributed by atoms with Crippen LogP contribution < -0.4 is 0 Å². The van der Waals surface area contributed by atoms with Gasteiger partial charge in [-0.05, 0) is 64.5 Å². The summed E-state index contributed by atoms with van der Waals surface area (Å²) in [7, 11) is 3.30. The fourth-order valence-corrected chi connectivity index (χ4v) is 5.05. The van der Waals surface area contributed by atoms with Gasteiger partial charge in [0.25, 0.3) is 0 Å². The van der Waals surface area contributed by atoms with E-state index in [1.165, 1.54) is 24.8 Å². The summed E-state index contributed by atoms with van der Waals surface area (Å²) < 4.78 is 0.985. The summed E-state index contributed by atoms with van der Waals surface area (Å²) in [6, 6.07) is 16.8. The number of aromatic nitrogens is 1. The Morgan fingerprint density at radius 1 is 1.09 bits per heavy atom. The van der Waals surface area contributed by atoms with Gasteiger partial charge in [-0.2, -0.15) is 0 Å². The minimum Gasteiger partial charge on any atom is -0.357 e. The van der Waals surface area contributed by atoms with Crippen LogP contribution in [0.4, 0.5) is 0 Å². The van der Waals surface area contributed by atoms with Gasteiger partial charge in [0.1, 0.15) is 9.35 Å². The van der Waals surface area contributed by atoms with Gasteiger partial charge in [-0.3, -0.25) is 0 Å². The molecule has 1 aromatic heterocycles. The maximum Gasteiger partial charge on any atom is 0.147 e. The van der Waals surface area contributed by atoms with E-state index in [0.29, 0.717) is 0 Å². The van der Waals surface area contributed by atoms with Gasteiger partial charge in [-0.15, -0.1) is 0 Å². The quantitative estimate of drug-likeness (QED) is 0.558. The van der Waals surface area contributed by atoms with Crippen LogP contribution in [0.5, 0.6) is 0 Å². The van der Waals surface area contributed by atoms with Gasteiger partial charge in [-0.1, -0.05) is 48.6 Å². The summed E-state index contributed by atoms with van der Waals surface area (Å²) in [6.45, 7) is 2.15. The van der Waals surface area contributed by atoms with Crippen molar-refractivity contribution in [1.29, 1.82) is 0 Å². The highest BCUT2D eigenvalue weighted by Crippen LogP contribution is 2.33. The number of hydrogen-bond donors (Lipinski definition) is 0. The normalized spacial score (nSPS) is 15.6. The molecule has 120 valence electrons. The van der Waals surface area contributed by atoms with Gasteiger partial charge in [0.2, 0.25) is 0 Å². The van der Waals surface area contributed by atoms with E-state index in [4.69, 9.17) is 12.2 Å². The lowest BCUT2D eigenvalue weighted by Gasteiger charge is -2.33. The third-order valence-electron chi connectivity index (χ3n) is 4.08. The van der Waals surface area contributed by atoms with Gasteiger partial charge in [0, 0.05) is 19.3 Å². The van der Waals surface area contributed by atoms with Crippen molar-refractivity contribution in [2.45, 2.75) is 24.3 Å². The number of piperidine rings is 1. The first-order valence-electron chi connectivity index (χ1n) is 7.89. The molecule has 2 heterocycles. The molecule has 1 aromatic carbocycles. The van der Waals surface area contributed by atoms with Gasteiger partial charge in [-0.25, -0.2) is 4.98 Å². The topological polar surface area (TPSA) is 16.1 Å². The molecule has 0 spiro atoms. The predicted molar refractivity (Wildman–Crippen MR) is 105 cm³/mol. The maximum absolute atomic E-state index is 5.58. The van der Waals surface area contributed by atoms with Crippen molar-refractivity contribution in [3.05, 3.63) is 60.3 Å². The first kappa shape index (κ1) is 16.8. The summed E-state index contributed by atoms with van der Waals surface area (Å²) in [5, 5.41) is 1.01. The standard InChI is InChI=1S/C18H20N2S3/c21-18(23-22-17-8-4-5-11-19-17)20-12-9-16(10-13-20)14-15-6-2-1-3-7-15/h1-8,11,16H,9-10,12-14H2. The van der Waals surface area contributed by atoms with Crippen molar-refractivity contribution >= 4 is 38.1 Å². The molecule has 23 heavy (non-hydrogen) atoms. The van der Waals surface area contributed by atoms with Gasteiger partial charge >= 0.3 is 0 Å².